The van der Waals surface area contributed by atoms with E-state index in [1.807, 2.05) is 6.92 Å². The summed E-state index contributed by atoms with van der Waals surface area (Å²) in [6.07, 6.45) is 5.29. The van der Waals surface area contributed by atoms with Crippen molar-refractivity contribution in [3.63, 3.8) is 0 Å². The zero-order valence-corrected chi connectivity index (χ0v) is 13.4. The van der Waals surface area contributed by atoms with Gasteiger partial charge in [-0.05, 0) is 31.6 Å². The molecule has 5 heteroatoms. The minimum absolute atomic E-state index is 0.0218. The van der Waals surface area contributed by atoms with Crippen molar-refractivity contribution in [1.82, 2.24) is 15.5 Å². The number of hydrogen-bond acceptors (Lipinski definition) is 2. The maximum absolute atomic E-state index is 11.6. The average Bonchev–Trinajstić information content (AvgIpc) is 2.41. The molecule has 0 saturated heterocycles. The van der Waals surface area contributed by atoms with E-state index in [-0.39, 0.29) is 12.5 Å². The standard InChI is InChI=1S/C15H30N4O/c1-5-16-15(18-11-14(20)19(3)4)17-10-13-8-6-7-12(2)9-13/h12-13H,5-11H2,1-4H3,(H2,16,17,18). The van der Waals surface area contributed by atoms with E-state index in [0.29, 0.717) is 0 Å². The van der Waals surface area contributed by atoms with Crippen LogP contribution in [0.2, 0.25) is 0 Å². The summed E-state index contributed by atoms with van der Waals surface area (Å²) in [5, 5.41) is 6.57. The van der Waals surface area contributed by atoms with Crippen LogP contribution in [-0.4, -0.2) is 50.5 Å². The van der Waals surface area contributed by atoms with Gasteiger partial charge in [-0.2, -0.15) is 0 Å². The van der Waals surface area contributed by atoms with Crippen LogP contribution in [0.3, 0.4) is 0 Å². The van der Waals surface area contributed by atoms with Crippen LogP contribution >= 0.6 is 0 Å². The molecule has 0 aromatic carbocycles. The Hall–Kier alpha value is -1.26. The molecule has 5 nitrogen and oxygen atoms in total. The van der Waals surface area contributed by atoms with Crippen molar-refractivity contribution in [1.29, 1.82) is 0 Å². The number of likely N-dealkylation sites (N-methyl/N-ethyl adjacent to an activating group) is 1. The summed E-state index contributed by atoms with van der Waals surface area (Å²) in [6.45, 7) is 6.33. The summed E-state index contributed by atoms with van der Waals surface area (Å²) in [7, 11) is 3.50. The first-order valence-corrected chi connectivity index (χ1v) is 7.75. The highest BCUT2D eigenvalue weighted by atomic mass is 16.2. The SMILES string of the molecule is CCNC(=NCC(=O)N(C)C)NCC1CCCC(C)C1. The number of hydrogen-bond donors (Lipinski definition) is 2. The zero-order chi connectivity index (χ0) is 15.0. The van der Waals surface area contributed by atoms with Gasteiger partial charge in [0.05, 0.1) is 0 Å². The molecular formula is C15H30N4O. The Morgan fingerprint density at radius 2 is 2.05 bits per heavy atom. The fourth-order valence-electron chi connectivity index (χ4n) is 2.62. The Bertz CT molecular complexity index is 328. The lowest BCUT2D eigenvalue weighted by molar-refractivity contribution is -0.127. The number of nitrogens with one attached hydrogen (secondary N) is 2. The van der Waals surface area contributed by atoms with E-state index < -0.39 is 0 Å². The molecule has 2 unspecified atom stereocenters. The van der Waals surface area contributed by atoms with Crippen LogP contribution < -0.4 is 10.6 Å². The van der Waals surface area contributed by atoms with Gasteiger partial charge in [-0.15, -0.1) is 0 Å². The van der Waals surface area contributed by atoms with Gasteiger partial charge in [-0.1, -0.05) is 19.8 Å². The molecule has 1 saturated carbocycles. The molecular weight excluding hydrogens is 252 g/mol. The molecule has 0 heterocycles. The third-order valence-electron chi connectivity index (χ3n) is 3.82. The van der Waals surface area contributed by atoms with Gasteiger partial charge in [0.15, 0.2) is 5.96 Å². The maximum atomic E-state index is 11.6. The molecule has 1 aliphatic rings. The van der Waals surface area contributed by atoms with Gasteiger partial charge in [0.25, 0.3) is 0 Å². The van der Waals surface area contributed by atoms with Gasteiger partial charge in [-0.25, -0.2) is 4.99 Å². The summed E-state index contributed by atoms with van der Waals surface area (Å²) in [4.78, 5) is 17.5. The highest BCUT2D eigenvalue weighted by Gasteiger charge is 2.18. The van der Waals surface area contributed by atoms with Gasteiger partial charge < -0.3 is 15.5 Å². The molecule has 116 valence electrons. The van der Waals surface area contributed by atoms with E-state index in [0.717, 1.165) is 30.9 Å². The summed E-state index contributed by atoms with van der Waals surface area (Å²) in [5.41, 5.74) is 0. The van der Waals surface area contributed by atoms with Crippen LogP contribution in [0, 0.1) is 11.8 Å². The largest absolute Gasteiger partial charge is 0.357 e. The second-order valence-corrected chi connectivity index (χ2v) is 6.00. The van der Waals surface area contributed by atoms with E-state index in [4.69, 9.17) is 0 Å². The second kappa shape index (κ2) is 8.82. The number of carbonyl (C=O) groups is 1. The smallest absolute Gasteiger partial charge is 0.243 e. The minimum atomic E-state index is 0.0218. The average molecular weight is 282 g/mol. The number of aliphatic imine (C=N–C) groups is 1. The predicted octanol–water partition coefficient (Wildman–Crippen LogP) is 1.46. The zero-order valence-electron chi connectivity index (χ0n) is 13.4. The Labute approximate surface area is 123 Å². The topological polar surface area (TPSA) is 56.7 Å². The molecule has 0 aliphatic heterocycles. The van der Waals surface area contributed by atoms with Crippen LogP contribution in [0.1, 0.15) is 39.5 Å². The monoisotopic (exact) mass is 282 g/mol. The summed E-state index contributed by atoms with van der Waals surface area (Å²) in [6, 6.07) is 0. The van der Waals surface area contributed by atoms with Crippen molar-refractivity contribution in [2.24, 2.45) is 16.8 Å². The predicted molar refractivity (Wildman–Crippen MR) is 83.8 cm³/mol. The lowest BCUT2D eigenvalue weighted by Gasteiger charge is -2.27. The van der Waals surface area contributed by atoms with E-state index in [9.17, 15) is 4.79 Å². The van der Waals surface area contributed by atoms with E-state index in [2.05, 4.69) is 22.5 Å². The van der Waals surface area contributed by atoms with E-state index in [1.165, 1.54) is 25.7 Å². The highest BCUT2D eigenvalue weighted by Crippen LogP contribution is 2.27. The minimum Gasteiger partial charge on any atom is -0.357 e. The summed E-state index contributed by atoms with van der Waals surface area (Å²) < 4.78 is 0. The van der Waals surface area contributed by atoms with Crippen LogP contribution in [0.4, 0.5) is 0 Å². The van der Waals surface area contributed by atoms with Crippen LogP contribution in [0.25, 0.3) is 0 Å². The Morgan fingerprint density at radius 1 is 1.30 bits per heavy atom. The van der Waals surface area contributed by atoms with E-state index in [1.54, 1.807) is 19.0 Å². The van der Waals surface area contributed by atoms with Crippen molar-refractivity contribution >= 4 is 11.9 Å². The summed E-state index contributed by atoms with van der Waals surface area (Å²) in [5.74, 6) is 2.34. The van der Waals surface area contributed by atoms with Gasteiger partial charge >= 0.3 is 0 Å². The lowest BCUT2D eigenvalue weighted by Crippen LogP contribution is -2.41. The fraction of sp³-hybridized carbons (Fsp3) is 0.867. The summed E-state index contributed by atoms with van der Waals surface area (Å²) >= 11 is 0. The van der Waals surface area contributed by atoms with Crippen LogP contribution in [0.5, 0.6) is 0 Å². The molecule has 0 aromatic rings. The quantitative estimate of drug-likeness (QED) is 0.593. The normalized spacial score (nSPS) is 23.3. The molecule has 1 amide bonds. The van der Waals surface area contributed by atoms with Crippen LogP contribution in [-0.2, 0) is 4.79 Å². The molecule has 2 atom stereocenters. The van der Waals surface area contributed by atoms with Crippen molar-refractivity contribution in [3.05, 3.63) is 0 Å². The maximum Gasteiger partial charge on any atom is 0.243 e. The Kier molecular flexibility index (Phi) is 7.41. The molecule has 0 spiro atoms. The fourth-order valence-corrected chi connectivity index (χ4v) is 2.62. The molecule has 1 fully saturated rings. The first-order chi connectivity index (χ1) is 9.52. The third-order valence-corrected chi connectivity index (χ3v) is 3.82. The number of carbonyl (C=O) groups excluding carboxylic acids is 1. The van der Waals surface area contributed by atoms with Gasteiger partial charge in [0.1, 0.15) is 6.54 Å². The number of rotatable bonds is 5. The third kappa shape index (κ3) is 6.26. The molecule has 2 N–H and O–H groups in total. The van der Waals surface area contributed by atoms with Crippen LogP contribution in [0.15, 0.2) is 4.99 Å². The van der Waals surface area contributed by atoms with Gasteiger partial charge in [0, 0.05) is 27.2 Å². The Balaban J connectivity index is 2.41. The molecule has 1 rings (SSSR count). The van der Waals surface area contributed by atoms with Crippen molar-refractivity contribution in [2.75, 3.05) is 33.7 Å². The molecule has 0 aromatic heterocycles. The number of guanidine groups is 1. The van der Waals surface area contributed by atoms with Crippen molar-refractivity contribution in [3.8, 4) is 0 Å². The molecule has 1 aliphatic carbocycles. The van der Waals surface area contributed by atoms with Gasteiger partial charge in [0.2, 0.25) is 5.91 Å². The number of amides is 1. The molecule has 20 heavy (non-hydrogen) atoms. The molecule has 0 bridgehead atoms. The van der Waals surface area contributed by atoms with Gasteiger partial charge in [-0.3, -0.25) is 4.79 Å². The first-order valence-electron chi connectivity index (χ1n) is 7.75. The lowest BCUT2D eigenvalue weighted by atomic mass is 9.82. The molecule has 0 radical (unpaired) electrons. The van der Waals surface area contributed by atoms with E-state index >= 15 is 0 Å². The Morgan fingerprint density at radius 3 is 2.65 bits per heavy atom. The highest BCUT2D eigenvalue weighted by molar-refractivity contribution is 5.84. The van der Waals surface area contributed by atoms with Crippen molar-refractivity contribution < 1.29 is 4.79 Å². The van der Waals surface area contributed by atoms with Crippen molar-refractivity contribution in [2.45, 2.75) is 39.5 Å². The first kappa shape index (κ1) is 16.8. The second-order valence-electron chi connectivity index (χ2n) is 6.00. The number of nitrogens with zero attached hydrogens (tertiary/aromatic N) is 2.